The van der Waals surface area contributed by atoms with Crippen molar-refractivity contribution in [3.8, 4) is 0 Å². The maximum atomic E-state index is 11.5. The van der Waals surface area contributed by atoms with Crippen LogP contribution in [0.3, 0.4) is 0 Å². The molecule has 0 aliphatic carbocycles. The topological polar surface area (TPSA) is 57.8 Å². The van der Waals surface area contributed by atoms with Crippen molar-refractivity contribution in [2.45, 2.75) is 6.92 Å². The number of H-pyrrole nitrogens is 1. The summed E-state index contributed by atoms with van der Waals surface area (Å²) in [6.07, 6.45) is 4.91. The molecular formula is C11H11N3OS. The third kappa shape index (κ3) is 2.58. The molecule has 0 aromatic carbocycles. The van der Waals surface area contributed by atoms with E-state index >= 15 is 0 Å². The SMILES string of the molecule is Cc1ccsc1/C=C/C(=O)Nc1ccn[nH]1. The maximum Gasteiger partial charge on any atom is 0.249 e. The van der Waals surface area contributed by atoms with Crippen LogP contribution in [-0.2, 0) is 4.79 Å². The third-order valence-electron chi connectivity index (χ3n) is 2.05. The summed E-state index contributed by atoms with van der Waals surface area (Å²) in [5.74, 6) is 0.426. The van der Waals surface area contributed by atoms with Crippen LogP contribution < -0.4 is 5.32 Å². The number of hydrogen-bond donors (Lipinski definition) is 2. The number of carbonyl (C=O) groups is 1. The average Bonchev–Trinajstić information content (AvgIpc) is 2.87. The number of hydrogen-bond acceptors (Lipinski definition) is 3. The number of amides is 1. The van der Waals surface area contributed by atoms with Gasteiger partial charge in [-0.05, 0) is 30.0 Å². The number of anilines is 1. The first-order chi connectivity index (χ1) is 7.75. The fourth-order valence-corrected chi connectivity index (χ4v) is 2.03. The molecular weight excluding hydrogens is 222 g/mol. The smallest absolute Gasteiger partial charge is 0.249 e. The second kappa shape index (κ2) is 4.76. The molecule has 2 heterocycles. The molecule has 0 bridgehead atoms. The molecule has 2 aromatic rings. The zero-order valence-corrected chi connectivity index (χ0v) is 9.54. The minimum absolute atomic E-state index is 0.169. The van der Waals surface area contributed by atoms with Crippen LogP contribution in [-0.4, -0.2) is 16.1 Å². The van der Waals surface area contributed by atoms with Crippen molar-refractivity contribution in [1.82, 2.24) is 10.2 Å². The second-order valence-electron chi connectivity index (χ2n) is 3.26. The summed E-state index contributed by atoms with van der Waals surface area (Å²) in [6.45, 7) is 2.02. The number of aromatic amines is 1. The minimum atomic E-state index is -0.169. The number of thiophene rings is 1. The van der Waals surface area contributed by atoms with E-state index in [0.717, 1.165) is 4.88 Å². The van der Waals surface area contributed by atoms with Crippen LogP contribution in [0.5, 0.6) is 0 Å². The Labute approximate surface area is 97.0 Å². The Balaban J connectivity index is 1.98. The lowest BCUT2D eigenvalue weighted by atomic mass is 10.3. The Hall–Kier alpha value is -1.88. The van der Waals surface area contributed by atoms with Crippen LogP contribution >= 0.6 is 11.3 Å². The molecule has 82 valence electrons. The lowest BCUT2D eigenvalue weighted by Gasteiger charge is -1.96. The van der Waals surface area contributed by atoms with Gasteiger partial charge < -0.3 is 5.32 Å². The molecule has 0 unspecified atom stereocenters. The van der Waals surface area contributed by atoms with Crippen LogP contribution in [0.4, 0.5) is 5.82 Å². The summed E-state index contributed by atoms with van der Waals surface area (Å²) in [6, 6.07) is 3.72. The van der Waals surface area contributed by atoms with Crippen molar-refractivity contribution in [2.75, 3.05) is 5.32 Å². The van der Waals surface area contributed by atoms with Crippen molar-refractivity contribution in [3.05, 3.63) is 40.2 Å². The van der Waals surface area contributed by atoms with Crippen LogP contribution in [0.2, 0.25) is 0 Å². The summed E-state index contributed by atoms with van der Waals surface area (Å²) in [4.78, 5) is 12.6. The van der Waals surface area contributed by atoms with Gasteiger partial charge in [0.05, 0.1) is 6.20 Å². The van der Waals surface area contributed by atoms with Gasteiger partial charge in [-0.3, -0.25) is 9.89 Å². The highest BCUT2D eigenvalue weighted by Gasteiger charge is 1.99. The van der Waals surface area contributed by atoms with Gasteiger partial charge in [0.2, 0.25) is 5.91 Å². The molecule has 2 aromatic heterocycles. The molecule has 0 aliphatic heterocycles. The van der Waals surface area contributed by atoms with Gasteiger partial charge in [0.15, 0.2) is 0 Å². The number of nitrogens with one attached hydrogen (secondary N) is 2. The maximum absolute atomic E-state index is 11.5. The highest BCUT2D eigenvalue weighted by molar-refractivity contribution is 7.11. The highest BCUT2D eigenvalue weighted by Crippen LogP contribution is 2.16. The van der Waals surface area contributed by atoms with Crippen LogP contribution in [0.15, 0.2) is 29.8 Å². The van der Waals surface area contributed by atoms with Gasteiger partial charge in [0, 0.05) is 17.0 Å². The molecule has 0 aliphatic rings. The van der Waals surface area contributed by atoms with Crippen molar-refractivity contribution in [3.63, 3.8) is 0 Å². The monoisotopic (exact) mass is 233 g/mol. The van der Waals surface area contributed by atoms with E-state index in [0.29, 0.717) is 5.82 Å². The van der Waals surface area contributed by atoms with E-state index in [1.807, 2.05) is 24.4 Å². The van der Waals surface area contributed by atoms with Crippen LogP contribution in [0.25, 0.3) is 6.08 Å². The van der Waals surface area contributed by atoms with Gasteiger partial charge in [0.1, 0.15) is 5.82 Å². The molecule has 0 saturated heterocycles. The predicted octanol–water partition coefficient (Wildman–Crippen LogP) is 2.43. The zero-order valence-electron chi connectivity index (χ0n) is 8.73. The van der Waals surface area contributed by atoms with Gasteiger partial charge in [-0.1, -0.05) is 0 Å². The fraction of sp³-hybridized carbons (Fsp3) is 0.0909. The number of rotatable bonds is 3. The van der Waals surface area contributed by atoms with E-state index < -0.39 is 0 Å². The molecule has 0 spiro atoms. The molecule has 0 saturated carbocycles. The predicted molar refractivity (Wildman–Crippen MR) is 65.3 cm³/mol. The quantitative estimate of drug-likeness (QED) is 0.800. The first-order valence-corrected chi connectivity index (χ1v) is 5.66. The van der Waals surface area contributed by atoms with E-state index in [4.69, 9.17) is 0 Å². The molecule has 4 nitrogen and oxygen atoms in total. The van der Waals surface area contributed by atoms with E-state index in [9.17, 15) is 4.79 Å². The summed E-state index contributed by atoms with van der Waals surface area (Å²) >= 11 is 1.61. The summed E-state index contributed by atoms with van der Waals surface area (Å²) in [7, 11) is 0. The summed E-state index contributed by atoms with van der Waals surface area (Å²) in [5, 5.41) is 11.1. The van der Waals surface area contributed by atoms with Gasteiger partial charge in [-0.15, -0.1) is 11.3 Å². The van der Waals surface area contributed by atoms with Crippen molar-refractivity contribution >= 4 is 29.1 Å². The third-order valence-corrected chi connectivity index (χ3v) is 3.03. The number of aromatic nitrogens is 2. The number of aryl methyl sites for hydroxylation is 1. The Morgan fingerprint density at radius 2 is 2.44 bits per heavy atom. The van der Waals surface area contributed by atoms with Crippen LogP contribution in [0, 0.1) is 6.92 Å². The van der Waals surface area contributed by atoms with E-state index in [1.165, 1.54) is 11.6 Å². The lowest BCUT2D eigenvalue weighted by molar-refractivity contribution is -0.111. The Morgan fingerprint density at radius 3 is 3.06 bits per heavy atom. The largest absolute Gasteiger partial charge is 0.307 e. The molecule has 0 fully saturated rings. The standard InChI is InChI=1S/C11H11N3OS/c1-8-5-7-16-9(8)2-3-11(15)13-10-4-6-12-14-10/h2-7H,1H3,(H2,12,13,14,15)/b3-2+. The highest BCUT2D eigenvalue weighted by atomic mass is 32.1. The van der Waals surface area contributed by atoms with Crippen molar-refractivity contribution in [1.29, 1.82) is 0 Å². The normalized spacial score (nSPS) is 10.8. The molecule has 5 heteroatoms. The van der Waals surface area contributed by atoms with Crippen LogP contribution in [0.1, 0.15) is 10.4 Å². The number of carbonyl (C=O) groups excluding carboxylic acids is 1. The summed E-state index contributed by atoms with van der Waals surface area (Å²) in [5.41, 5.74) is 1.18. The molecule has 0 radical (unpaired) electrons. The van der Waals surface area contributed by atoms with E-state index in [1.54, 1.807) is 23.6 Å². The Morgan fingerprint density at radius 1 is 1.56 bits per heavy atom. The Kier molecular flexibility index (Phi) is 3.16. The summed E-state index contributed by atoms with van der Waals surface area (Å²) < 4.78 is 0. The zero-order chi connectivity index (χ0) is 11.4. The van der Waals surface area contributed by atoms with E-state index in [2.05, 4.69) is 15.5 Å². The van der Waals surface area contributed by atoms with Gasteiger partial charge in [0.25, 0.3) is 0 Å². The Bertz CT molecular complexity index is 499. The molecule has 16 heavy (non-hydrogen) atoms. The molecule has 1 amide bonds. The molecule has 0 atom stereocenters. The molecule has 2 rings (SSSR count). The second-order valence-corrected chi connectivity index (χ2v) is 4.21. The fourth-order valence-electron chi connectivity index (χ4n) is 1.21. The first-order valence-electron chi connectivity index (χ1n) is 4.78. The van der Waals surface area contributed by atoms with E-state index in [-0.39, 0.29) is 5.91 Å². The minimum Gasteiger partial charge on any atom is -0.307 e. The van der Waals surface area contributed by atoms with Crippen molar-refractivity contribution < 1.29 is 4.79 Å². The number of nitrogens with zero attached hydrogens (tertiary/aromatic N) is 1. The van der Waals surface area contributed by atoms with Gasteiger partial charge in [-0.2, -0.15) is 5.10 Å². The van der Waals surface area contributed by atoms with Crippen molar-refractivity contribution in [2.24, 2.45) is 0 Å². The molecule has 2 N–H and O–H groups in total. The van der Waals surface area contributed by atoms with Gasteiger partial charge >= 0.3 is 0 Å². The lowest BCUT2D eigenvalue weighted by Crippen LogP contribution is -2.07. The van der Waals surface area contributed by atoms with Gasteiger partial charge in [-0.25, -0.2) is 0 Å². The first kappa shape index (κ1) is 10.6. The average molecular weight is 233 g/mol.